The van der Waals surface area contributed by atoms with Gasteiger partial charge in [-0.15, -0.1) is 0 Å². The first-order valence-electron chi connectivity index (χ1n) is 12.5. The van der Waals surface area contributed by atoms with Gasteiger partial charge in [-0.25, -0.2) is 31.9 Å². The van der Waals surface area contributed by atoms with Crippen molar-refractivity contribution in [2.24, 2.45) is 0 Å². The highest BCUT2D eigenvalue weighted by Gasteiger charge is 2.26. The summed E-state index contributed by atoms with van der Waals surface area (Å²) in [7, 11) is 0. The lowest BCUT2D eigenvalue weighted by molar-refractivity contribution is -0.118. The standard InChI is InChI=1S/C29H21F6N5O2/c30-17-6-4-15(5-7-17)18(12-21(31)32)29(41)39-24-11-16(8-10-37-24)26-25(19-3-1-2-9-36-19)28-27(40-26)20(13-23(35)38-28)42-14-22(33)34/h1-11,13,18,21-22,40H,12,14H2,(H,37,39,41)/t18-/m1/s1. The molecule has 2 N–H and O–H groups in total. The molecule has 0 spiro atoms. The number of rotatable bonds is 10. The van der Waals surface area contributed by atoms with Crippen molar-refractivity contribution in [2.45, 2.75) is 25.2 Å². The van der Waals surface area contributed by atoms with Gasteiger partial charge < -0.3 is 15.0 Å². The fraction of sp³-hybridized carbons (Fsp3) is 0.172. The van der Waals surface area contributed by atoms with E-state index in [-0.39, 0.29) is 28.2 Å². The van der Waals surface area contributed by atoms with E-state index in [1.54, 1.807) is 24.3 Å². The average Bonchev–Trinajstić information content (AvgIpc) is 3.35. The summed E-state index contributed by atoms with van der Waals surface area (Å²) >= 11 is 0. The van der Waals surface area contributed by atoms with E-state index in [1.807, 2.05) is 0 Å². The quantitative estimate of drug-likeness (QED) is 0.136. The molecule has 7 nitrogen and oxygen atoms in total. The van der Waals surface area contributed by atoms with Crippen molar-refractivity contribution in [2.75, 3.05) is 11.9 Å². The molecule has 1 aromatic carbocycles. The molecule has 0 aliphatic heterocycles. The second kappa shape index (κ2) is 12.3. The average molecular weight is 586 g/mol. The van der Waals surface area contributed by atoms with Crippen LogP contribution in [0.5, 0.6) is 5.75 Å². The van der Waals surface area contributed by atoms with Crippen molar-refractivity contribution in [1.29, 1.82) is 0 Å². The molecule has 13 heteroatoms. The van der Waals surface area contributed by atoms with Crippen LogP contribution >= 0.6 is 0 Å². The molecule has 0 saturated heterocycles. The second-order valence-corrected chi connectivity index (χ2v) is 9.11. The molecule has 5 rings (SSSR count). The number of hydrogen-bond donors (Lipinski definition) is 2. The van der Waals surface area contributed by atoms with Crippen LogP contribution in [0.4, 0.5) is 32.2 Å². The number of pyridine rings is 3. The van der Waals surface area contributed by atoms with Gasteiger partial charge in [0.2, 0.25) is 18.3 Å². The Bertz CT molecular complexity index is 1700. The third-order valence-electron chi connectivity index (χ3n) is 6.28. The first-order chi connectivity index (χ1) is 20.2. The molecule has 1 atom stereocenters. The first-order valence-corrected chi connectivity index (χ1v) is 12.5. The third kappa shape index (κ3) is 6.35. The molecule has 0 aliphatic carbocycles. The van der Waals surface area contributed by atoms with E-state index in [9.17, 15) is 31.1 Å². The molecule has 0 saturated carbocycles. The summed E-state index contributed by atoms with van der Waals surface area (Å²) in [6, 6.07) is 13.5. The first kappa shape index (κ1) is 28.6. The summed E-state index contributed by atoms with van der Waals surface area (Å²) in [5.41, 5.74) is 1.79. The van der Waals surface area contributed by atoms with Crippen LogP contribution < -0.4 is 10.1 Å². The smallest absolute Gasteiger partial charge is 0.272 e. The molecule has 42 heavy (non-hydrogen) atoms. The SMILES string of the molecule is O=C(Nc1cc(-c2[nH]c3c(OCC(F)F)cc(F)nc3c2-c2ccccn2)ccn1)[C@H](CC(F)F)c1ccc(F)cc1. The Morgan fingerprint density at radius 3 is 2.40 bits per heavy atom. The monoisotopic (exact) mass is 585 g/mol. The fourth-order valence-electron chi connectivity index (χ4n) is 4.48. The Hall–Kier alpha value is -4.94. The summed E-state index contributed by atoms with van der Waals surface area (Å²) < 4.78 is 85.5. The van der Waals surface area contributed by atoms with Gasteiger partial charge in [0.15, 0.2) is 0 Å². The number of aromatic nitrogens is 4. The number of H-pyrrole nitrogens is 1. The van der Waals surface area contributed by atoms with Crippen molar-refractivity contribution < 1.29 is 35.9 Å². The van der Waals surface area contributed by atoms with Gasteiger partial charge in [-0.2, -0.15) is 4.39 Å². The van der Waals surface area contributed by atoms with Crippen LogP contribution in [0.1, 0.15) is 17.9 Å². The van der Waals surface area contributed by atoms with E-state index in [0.29, 0.717) is 22.5 Å². The molecule has 0 fully saturated rings. The van der Waals surface area contributed by atoms with Crippen molar-refractivity contribution in [3.63, 3.8) is 0 Å². The number of halogens is 6. The Morgan fingerprint density at radius 1 is 0.929 bits per heavy atom. The van der Waals surface area contributed by atoms with Crippen molar-refractivity contribution in [1.82, 2.24) is 19.9 Å². The van der Waals surface area contributed by atoms with Gasteiger partial charge in [-0.05, 0) is 42.0 Å². The fourth-order valence-corrected chi connectivity index (χ4v) is 4.48. The Labute approximate surface area is 234 Å². The van der Waals surface area contributed by atoms with Gasteiger partial charge in [0.25, 0.3) is 6.43 Å². The lowest BCUT2D eigenvalue weighted by atomic mass is 9.95. The number of benzene rings is 1. The molecule has 1 amide bonds. The second-order valence-electron chi connectivity index (χ2n) is 9.11. The highest BCUT2D eigenvalue weighted by Crippen LogP contribution is 2.40. The number of nitrogens with one attached hydrogen (secondary N) is 2. The number of alkyl halides is 4. The van der Waals surface area contributed by atoms with Gasteiger partial charge in [-0.3, -0.25) is 9.78 Å². The van der Waals surface area contributed by atoms with Gasteiger partial charge in [0.05, 0.1) is 22.9 Å². The van der Waals surface area contributed by atoms with E-state index < -0.39 is 49.5 Å². The summed E-state index contributed by atoms with van der Waals surface area (Å²) in [5.74, 6) is -3.84. The molecule has 0 bridgehead atoms. The van der Waals surface area contributed by atoms with Crippen molar-refractivity contribution >= 4 is 22.8 Å². The van der Waals surface area contributed by atoms with Crippen LogP contribution in [-0.4, -0.2) is 45.3 Å². The molecule has 0 unspecified atom stereocenters. The van der Waals surface area contributed by atoms with E-state index in [4.69, 9.17) is 4.74 Å². The van der Waals surface area contributed by atoms with E-state index in [2.05, 4.69) is 25.3 Å². The normalized spacial score (nSPS) is 12.2. The molecule has 216 valence electrons. The summed E-state index contributed by atoms with van der Waals surface area (Å²) in [4.78, 5) is 28.5. The minimum atomic E-state index is -2.81. The topological polar surface area (TPSA) is 92.8 Å². The van der Waals surface area contributed by atoms with Crippen LogP contribution in [0.3, 0.4) is 0 Å². The number of aromatic amines is 1. The Kier molecular flexibility index (Phi) is 8.36. The number of carbonyl (C=O) groups excluding carboxylic acids is 1. The summed E-state index contributed by atoms with van der Waals surface area (Å²) in [6.45, 7) is -0.981. The van der Waals surface area contributed by atoms with E-state index in [1.165, 1.54) is 30.6 Å². The molecule has 4 heterocycles. The molecular weight excluding hydrogens is 564 g/mol. The van der Waals surface area contributed by atoms with Gasteiger partial charge in [0, 0.05) is 30.4 Å². The van der Waals surface area contributed by atoms with Crippen molar-refractivity contribution in [3.05, 3.63) is 90.4 Å². The zero-order valence-corrected chi connectivity index (χ0v) is 21.5. The molecule has 0 radical (unpaired) electrons. The molecular formula is C29H21F6N5O2. The lowest BCUT2D eigenvalue weighted by Crippen LogP contribution is -2.23. The number of amides is 1. The number of carbonyl (C=O) groups is 1. The maximum absolute atomic E-state index is 14.5. The van der Waals surface area contributed by atoms with Gasteiger partial charge in [0.1, 0.15) is 35.0 Å². The predicted octanol–water partition coefficient (Wildman–Crippen LogP) is 6.99. The lowest BCUT2D eigenvalue weighted by Gasteiger charge is -2.17. The van der Waals surface area contributed by atoms with Crippen LogP contribution in [0, 0.1) is 11.8 Å². The molecule has 0 aliphatic rings. The van der Waals surface area contributed by atoms with E-state index in [0.717, 1.165) is 18.2 Å². The van der Waals surface area contributed by atoms with Crippen LogP contribution in [-0.2, 0) is 4.79 Å². The number of ether oxygens (including phenoxy) is 1. The largest absolute Gasteiger partial charge is 0.485 e. The molecule has 5 aromatic rings. The van der Waals surface area contributed by atoms with E-state index >= 15 is 0 Å². The van der Waals surface area contributed by atoms with Crippen LogP contribution in [0.15, 0.2) is 73.1 Å². The highest BCUT2D eigenvalue weighted by atomic mass is 19.3. The van der Waals surface area contributed by atoms with Gasteiger partial charge >= 0.3 is 0 Å². The predicted molar refractivity (Wildman–Crippen MR) is 142 cm³/mol. The van der Waals surface area contributed by atoms with Crippen molar-refractivity contribution in [3.8, 4) is 28.3 Å². The minimum absolute atomic E-state index is 0.00202. The summed E-state index contributed by atoms with van der Waals surface area (Å²) in [5, 5.41) is 2.53. The third-order valence-corrected chi connectivity index (χ3v) is 6.28. The minimum Gasteiger partial charge on any atom is -0.485 e. The number of fused-ring (bicyclic) bond motifs is 1. The summed E-state index contributed by atoms with van der Waals surface area (Å²) in [6.07, 6.45) is -3.58. The maximum atomic E-state index is 14.5. The number of hydrogen-bond acceptors (Lipinski definition) is 5. The Balaban J connectivity index is 1.56. The van der Waals surface area contributed by atoms with Crippen LogP contribution in [0.2, 0.25) is 0 Å². The number of anilines is 1. The van der Waals surface area contributed by atoms with Crippen LogP contribution in [0.25, 0.3) is 33.5 Å². The zero-order valence-electron chi connectivity index (χ0n) is 21.5. The maximum Gasteiger partial charge on any atom is 0.272 e. The van der Waals surface area contributed by atoms with Gasteiger partial charge in [-0.1, -0.05) is 18.2 Å². The molecule has 4 aromatic heterocycles. The zero-order chi connectivity index (χ0) is 29.8. The Morgan fingerprint density at radius 2 is 1.71 bits per heavy atom. The number of nitrogens with zero attached hydrogens (tertiary/aromatic N) is 3. The highest BCUT2D eigenvalue weighted by molar-refractivity contribution is 6.03.